The van der Waals surface area contributed by atoms with Crippen LogP contribution in [0.25, 0.3) is 0 Å². The molecule has 0 saturated heterocycles. The highest BCUT2D eigenvalue weighted by molar-refractivity contribution is 5.42. The van der Waals surface area contributed by atoms with E-state index >= 15 is 0 Å². The smallest absolute Gasteiger partial charge is 0.161 e. The first-order valence-electron chi connectivity index (χ1n) is 13.4. The first kappa shape index (κ1) is 28.8. The topological polar surface area (TPSA) is 39.7 Å². The summed E-state index contributed by atoms with van der Waals surface area (Å²) in [5.74, 6) is 1.57. The minimum absolute atomic E-state index is 0.543. The Kier molecular flexibility index (Phi) is 19.4. The molecule has 0 saturated carbocycles. The summed E-state index contributed by atoms with van der Waals surface area (Å²) in [6, 6.07) is 6.17. The van der Waals surface area contributed by atoms with E-state index in [0.717, 1.165) is 24.6 Å². The molecule has 4 nitrogen and oxygen atoms in total. The second kappa shape index (κ2) is 21.6. The van der Waals surface area contributed by atoms with Gasteiger partial charge < -0.3 is 19.5 Å². The predicted molar refractivity (Wildman–Crippen MR) is 137 cm³/mol. The fourth-order valence-electron chi connectivity index (χ4n) is 3.97. The molecule has 0 unspecified atom stereocenters. The van der Waals surface area contributed by atoms with Gasteiger partial charge in [-0.05, 0) is 37.6 Å². The summed E-state index contributed by atoms with van der Waals surface area (Å²) >= 11 is 0. The Labute approximate surface area is 198 Å². The molecule has 4 heteroatoms. The third-order valence-electron chi connectivity index (χ3n) is 5.95. The molecular weight excluding hydrogens is 398 g/mol. The molecule has 0 aliphatic heterocycles. The van der Waals surface area contributed by atoms with E-state index in [-0.39, 0.29) is 0 Å². The molecule has 32 heavy (non-hydrogen) atoms. The monoisotopic (exact) mass is 449 g/mol. The van der Waals surface area contributed by atoms with E-state index in [4.69, 9.17) is 14.2 Å². The summed E-state index contributed by atoms with van der Waals surface area (Å²) in [5.41, 5.74) is 1.23. The van der Waals surface area contributed by atoms with Crippen molar-refractivity contribution >= 4 is 0 Å². The van der Waals surface area contributed by atoms with Crippen molar-refractivity contribution in [1.82, 2.24) is 5.32 Å². The first-order valence-corrected chi connectivity index (χ1v) is 13.4. The van der Waals surface area contributed by atoms with Gasteiger partial charge in [0.1, 0.15) is 6.61 Å². The van der Waals surface area contributed by atoms with Crippen molar-refractivity contribution < 1.29 is 14.2 Å². The van der Waals surface area contributed by atoms with E-state index in [9.17, 15) is 0 Å². The fraction of sp³-hybridized carbons (Fsp3) is 0.786. The van der Waals surface area contributed by atoms with Gasteiger partial charge in [-0.3, -0.25) is 0 Å². The highest BCUT2D eigenvalue weighted by Crippen LogP contribution is 2.28. The van der Waals surface area contributed by atoms with Gasteiger partial charge in [0.15, 0.2) is 11.5 Å². The molecule has 1 N–H and O–H groups in total. The lowest BCUT2D eigenvalue weighted by Gasteiger charge is -2.12. The number of nitrogens with one attached hydrogen (secondary N) is 1. The van der Waals surface area contributed by atoms with Crippen LogP contribution in [0, 0.1) is 0 Å². The van der Waals surface area contributed by atoms with Crippen molar-refractivity contribution in [1.29, 1.82) is 0 Å². The zero-order valence-corrected chi connectivity index (χ0v) is 21.4. The van der Waals surface area contributed by atoms with Gasteiger partial charge in [-0.2, -0.15) is 0 Å². The summed E-state index contributed by atoms with van der Waals surface area (Å²) in [6.07, 6.45) is 19.7. The second-order valence-electron chi connectivity index (χ2n) is 8.80. The standard InChI is InChI=1S/C28H51NO3/c1-4-6-7-8-9-10-11-12-13-14-15-16-17-18-21-29-25-26-19-20-27(28(24-26)30-3)32-23-22-31-5-2/h19-20,24,29H,4-18,21-23,25H2,1-3H3. The van der Waals surface area contributed by atoms with Crippen LogP contribution in [0.15, 0.2) is 18.2 Å². The summed E-state index contributed by atoms with van der Waals surface area (Å²) in [5, 5.41) is 3.56. The molecule has 0 atom stereocenters. The SMILES string of the molecule is CCCCCCCCCCCCCCCCNCc1ccc(OCCOCC)c(OC)c1. The van der Waals surface area contributed by atoms with Crippen LogP contribution < -0.4 is 14.8 Å². The van der Waals surface area contributed by atoms with Gasteiger partial charge in [-0.15, -0.1) is 0 Å². The quantitative estimate of drug-likeness (QED) is 0.174. The van der Waals surface area contributed by atoms with Crippen molar-refractivity contribution in [2.75, 3.05) is 33.5 Å². The van der Waals surface area contributed by atoms with Crippen LogP contribution in [-0.2, 0) is 11.3 Å². The maximum absolute atomic E-state index is 5.75. The maximum atomic E-state index is 5.75. The van der Waals surface area contributed by atoms with Gasteiger partial charge in [-0.25, -0.2) is 0 Å². The van der Waals surface area contributed by atoms with E-state index in [0.29, 0.717) is 19.8 Å². The Morgan fingerprint density at radius 3 is 1.84 bits per heavy atom. The average Bonchev–Trinajstić information content (AvgIpc) is 2.82. The molecule has 1 aromatic rings. The van der Waals surface area contributed by atoms with Crippen molar-refractivity contribution in [2.24, 2.45) is 0 Å². The van der Waals surface area contributed by atoms with Crippen LogP contribution in [0.4, 0.5) is 0 Å². The highest BCUT2D eigenvalue weighted by atomic mass is 16.5. The molecule has 1 aromatic carbocycles. The molecule has 186 valence electrons. The van der Waals surface area contributed by atoms with Gasteiger partial charge in [0.25, 0.3) is 0 Å². The third-order valence-corrected chi connectivity index (χ3v) is 5.95. The zero-order chi connectivity index (χ0) is 23.1. The summed E-state index contributed by atoms with van der Waals surface area (Å²) in [4.78, 5) is 0. The number of hydrogen-bond donors (Lipinski definition) is 1. The molecule has 0 aliphatic rings. The lowest BCUT2D eigenvalue weighted by atomic mass is 10.0. The Hall–Kier alpha value is -1.26. The first-order chi connectivity index (χ1) is 15.8. The fourth-order valence-corrected chi connectivity index (χ4v) is 3.97. The number of rotatable bonds is 23. The Morgan fingerprint density at radius 2 is 1.28 bits per heavy atom. The van der Waals surface area contributed by atoms with Gasteiger partial charge in [0.2, 0.25) is 0 Å². The molecule has 0 radical (unpaired) electrons. The second-order valence-corrected chi connectivity index (χ2v) is 8.80. The molecule has 0 aliphatic carbocycles. The third kappa shape index (κ3) is 15.5. The molecule has 0 bridgehead atoms. The van der Waals surface area contributed by atoms with Gasteiger partial charge >= 0.3 is 0 Å². The lowest BCUT2D eigenvalue weighted by molar-refractivity contribution is 0.109. The summed E-state index contributed by atoms with van der Waals surface area (Å²) < 4.78 is 16.5. The largest absolute Gasteiger partial charge is 0.493 e. The van der Waals surface area contributed by atoms with Crippen LogP contribution in [0.3, 0.4) is 0 Å². The lowest BCUT2D eigenvalue weighted by Crippen LogP contribution is -2.14. The Morgan fingerprint density at radius 1 is 0.688 bits per heavy atom. The van der Waals surface area contributed by atoms with Crippen molar-refractivity contribution in [3.63, 3.8) is 0 Å². The predicted octanol–water partition coefficient (Wildman–Crippen LogP) is 7.68. The number of methoxy groups -OCH3 is 1. The van der Waals surface area contributed by atoms with E-state index in [2.05, 4.69) is 24.4 Å². The van der Waals surface area contributed by atoms with Crippen molar-refractivity contribution in [3.8, 4) is 11.5 Å². The minimum Gasteiger partial charge on any atom is -0.493 e. The molecule has 0 amide bonds. The van der Waals surface area contributed by atoms with Gasteiger partial charge in [-0.1, -0.05) is 96.5 Å². The molecule has 0 fully saturated rings. The molecule has 0 aromatic heterocycles. The van der Waals surface area contributed by atoms with Crippen LogP contribution in [0.5, 0.6) is 11.5 Å². The number of ether oxygens (including phenoxy) is 3. The number of unbranched alkanes of at least 4 members (excludes halogenated alkanes) is 13. The minimum atomic E-state index is 0.543. The molecule has 1 rings (SSSR count). The average molecular weight is 450 g/mol. The zero-order valence-electron chi connectivity index (χ0n) is 21.4. The summed E-state index contributed by atoms with van der Waals surface area (Å²) in [6.45, 7) is 8.08. The number of hydrogen-bond acceptors (Lipinski definition) is 4. The summed E-state index contributed by atoms with van der Waals surface area (Å²) in [7, 11) is 1.69. The Bertz CT molecular complexity index is 535. The van der Waals surface area contributed by atoms with Crippen molar-refractivity contribution in [2.45, 2.75) is 110 Å². The normalized spacial score (nSPS) is 11.1. The van der Waals surface area contributed by atoms with E-state index in [1.807, 2.05) is 13.0 Å². The van der Waals surface area contributed by atoms with E-state index < -0.39 is 0 Å². The van der Waals surface area contributed by atoms with Gasteiger partial charge in [0.05, 0.1) is 13.7 Å². The highest BCUT2D eigenvalue weighted by Gasteiger charge is 2.06. The van der Waals surface area contributed by atoms with E-state index in [1.54, 1.807) is 7.11 Å². The van der Waals surface area contributed by atoms with Gasteiger partial charge in [0, 0.05) is 13.2 Å². The molecule has 0 heterocycles. The van der Waals surface area contributed by atoms with Crippen LogP contribution in [0.2, 0.25) is 0 Å². The maximum Gasteiger partial charge on any atom is 0.161 e. The van der Waals surface area contributed by atoms with Crippen LogP contribution in [0.1, 0.15) is 109 Å². The molecular formula is C28H51NO3. The Balaban J connectivity index is 1.96. The molecule has 0 spiro atoms. The van der Waals surface area contributed by atoms with Crippen LogP contribution in [-0.4, -0.2) is 33.5 Å². The van der Waals surface area contributed by atoms with Crippen LogP contribution >= 0.6 is 0 Å². The van der Waals surface area contributed by atoms with Crippen molar-refractivity contribution in [3.05, 3.63) is 23.8 Å². The van der Waals surface area contributed by atoms with E-state index in [1.165, 1.54) is 95.5 Å². The number of benzene rings is 1.